The van der Waals surface area contributed by atoms with Gasteiger partial charge in [-0.15, -0.1) is 11.8 Å². The normalized spacial score (nSPS) is 34.5. The summed E-state index contributed by atoms with van der Waals surface area (Å²) >= 11 is 3.96. The molecule has 0 aromatic rings. The second kappa shape index (κ2) is 4.98. The van der Waals surface area contributed by atoms with E-state index in [4.69, 9.17) is 4.74 Å². The number of ketones is 1. The van der Waals surface area contributed by atoms with Crippen LogP contribution >= 0.6 is 27.7 Å². The van der Waals surface area contributed by atoms with Crippen molar-refractivity contribution < 1.29 is 23.5 Å². The van der Waals surface area contributed by atoms with Gasteiger partial charge in [0.15, 0.2) is 5.78 Å². The number of β-lactam (4-membered cyclic amide) rings is 1. The Hall–Kier alpha value is -0.630. The number of thioether (sulfide) groups is 1. The summed E-state index contributed by atoms with van der Waals surface area (Å²) in [7, 11) is 0. The number of carbonyl (C=O) groups excluding carboxylic acids is 3. The third-order valence-electron chi connectivity index (χ3n) is 3.43. The molecule has 2 rings (SSSR count). The summed E-state index contributed by atoms with van der Waals surface area (Å²) in [6.07, 6.45) is 0.274. The Balaban J connectivity index is 2.13. The summed E-state index contributed by atoms with van der Waals surface area (Å²) in [4.78, 5) is 36.3. The maximum atomic E-state index is 14.0. The zero-order valence-corrected chi connectivity index (χ0v) is 13.7. The second-order valence-electron chi connectivity index (χ2n) is 5.31. The van der Waals surface area contributed by atoms with Gasteiger partial charge in [-0.2, -0.15) is 0 Å². The first-order chi connectivity index (χ1) is 9.13. The van der Waals surface area contributed by atoms with E-state index in [-0.39, 0.29) is 18.8 Å². The fraction of sp³-hybridized carbons (Fsp3) is 0.750. The fourth-order valence-electron chi connectivity index (χ4n) is 2.29. The molecule has 0 aromatic carbocycles. The Labute approximate surface area is 128 Å². The standard InChI is InChI=1S/C12H15BrFNO4S/c1-4-6(16)5-19-8(17)7-11(2,3)20-10-12(13,14)9(18)15(7)10/h7,10H,4-5H2,1-3H3/t7-,10+,12?/m0/s1. The quantitative estimate of drug-likeness (QED) is 0.429. The van der Waals surface area contributed by atoms with Crippen molar-refractivity contribution in [3.05, 3.63) is 0 Å². The van der Waals surface area contributed by atoms with Crippen LogP contribution in [-0.4, -0.2) is 49.9 Å². The highest BCUT2D eigenvalue weighted by Gasteiger charge is 2.72. The Morgan fingerprint density at radius 2 is 2.10 bits per heavy atom. The molecule has 0 bridgehead atoms. The lowest BCUT2D eigenvalue weighted by atomic mass is 9.97. The number of fused-ring (bicyclic) bond motifs is 1. The van der Waals surface area contributed by atoms with E-state index < -0.39 is 32.6 Å². The molecule has 0 spiro atoms. The van der Waals surface area contributed by atoms with Gasteiger partial charge in [0, 0.05) is 11.2 Å². The van der Waals surface area contributed by atoms with Crippen LogP contribution in [0.25, 0.3) is 0 Å². The largest absolute Gasteiger partial charge is 0.456 e. The molecule has 2 aliphatic heterocycles. The zero-order valence-electron chi connectivity index (χ0n) is 11.3. The third kappa shape index (κ3) is 2.26. The molecule has 8 heteroatoms. The lowest BCUT2D eigenvalue weighted by Crippen LogP contribution is -2.69. The van der Waals surface area contributed by atoms with E-state index in [2.05, 4.69) is 15.9 Å². The van der Waals surface area contributed by atoms with Crippen LogP contribution in [0.4, 0.5) is 4.39 Å². The first-order valence-corrected chi connectivity index (χ1v) is 7.87. The zero-order chi connectivity index (χ0) is 15.3. The van der Waals surface area contributed by atoms with Crippen LogP contribution in [-0.2, 0) is 19.1 Å². The fourth-order valence-corrected chi connectivity index (χ4v) is 4.49. The number of rotatable bonds is 4. The number of ether oxygens (including phenoxy) is 1. The van der Waals surface area contributed by atoms with Gasteiger partial charge in [0.25, 0.3) is 10.5 Å². The summed E-state index contributed by atoms with van der Waals surface area (Å²) in [6, 6.07) is -0.879. The van der Waals surface area contributed by atoms with Gasteiger partial charge in [0.2, 0.25) is 0 Å². The van der Waals surface area contributed by atoms with Gasteiger partial charge >= 0.3 is 5.97 Å². The summed E-state index contributed by atoms with van der Waals surface area (Å²) in [5, 5.41) is -0.746. The third-order valence-corrected chi connectivity index (χ3v) is 6.11. The van der Waals surface area contributed by atoms with E-state index in [1.165, 1.54) is 16.7 Å². The monoisotopic (exact) mass is 367 g/mol. The number of carbonyl (C=O) groups is 3. The van der Waals surface area contributed by atoms with Crippen LogP contribution in [0, 0.1) is 0 Å². The van der Waals surface area contributed by atoms with E-state index >= 15 is 0 Å². The Morgan fingerprint density at radius 1 is 1.50 bits per heavy atom. The lowest BCUT2D eigenvalue weighted by molar-refractivity contribution is -0.170. The molecule has 0 N–H and O–H groups in total. The Kier molecular flexibility index (Phi) is 3.92. The molecule has 1 unspecified atom stereocenters. The molecular formula is C12H15BrFNO4S. The van der Waals surface area contributed by atoms with Gasteiger partial charge in [-0.1, -0.05) is 6.92 Å². The van der Waals surface area contributed by atoms with E-state index in [1.807, 2.05) is 0 Å². The summed E-state index contributed by atoms with van der Waals surface area (Å²) in [6.45, 7) is 4.86. The molecule has 112 valence electrons. The van der Waals surface area contributed by atoms with Crippen LogP contribution in [0.5, 0.6) is 0 Å². The molecule has 20 heavy (non-hydrogen) atoms. The molecule has 2 heterocycles. The van der Waals surface area contributed by atoms with Crippen molar-refractivity contribution in [3.8, 4) is 0 Å². The van der Waals surface area contributed by atoms with Gasteiger partial charge < -0.3 is 9.64 Å². The minimum atomic E-state index is -2.12. The summed E-state index contributed by atoms with van der Waals surface area (Å²) in [5.41, 5.74) is 0. The van der Waals surface area contributed by atoms with E-state index in [0.717, 1.165) is 0 Å². The summed E-state index contributed by atoms with van der Waals surface area (Å²) < 4.78 is 16.2. The van der Waals surface area contributed by atoms with Crippen LogP contribution < -0.4 is 0 Å². The van der Waals surface area contributed by atoms with Gasteiger partial charge in [-0.25, -0.2) is 9.18 Å². The van der Waals surface area contributed by atoms with Crippen molar-refractivity contribution in [2.75, 3.05) is 6.61 Å². The molecular weight excluding hydrogens is 353 g/mol. The van der Waals surface area contributed by atoms with Crippen molar-refractivity contribution in [1.29, 1.82) is 0 Å². The number of halogens is 2. The number of hydrogen-bond acceptors (Lipinski definition) is 5. The van der Waals surface area contributed by atoms with E-state index in [9.17, 15) is 18.8 Å². The molecule has 2 fully saturated rings. The SMILES string of the molecule is CCC(=O)COC(=O)[C@@H]1N2C(=O)C(F)(Br)[C@H]2SC1(C)C. The van der Waals surface area contributed by atoms with E-state index in [0.29, 0.717) is 0 Å². The predicted octanol–water partition coefficient (Wildman–Crippen LogP) is 1.63. The van der Waals surface area contributed by atoms with Crippen molar-refractivity contribution in [2.24, 2.45) is 0 Å². The van der Waals surface area contributed by atoms with Crippen LogP contribution in [0.3, 0.4) is 0 Å². The van der Waals surface area contributed by atoms with Gasteiger partial charge in [0.1, 0.15) is 18.0 Å². The highest BCUT2D eigenvalue weighted by molar-refractivity contribution is 9.10. The van der Waals surface area contributed by atoms with Crippen molar-refractivity contribution in [1.82, 2.24) is 4.90 Å². The lowest BCUT2D eigenvalue weighted by Gasteiger charge is -2.44. The van der Waals surface area contributed by atoms with Gasteiger partial charge in [-0.05, 0) is 29.8 Å². The first-order valence-electron chi connectivity index (χ1n) is 6.19. The smallest absolute Gasteiger partial charge is 0.330 e. The molecule has 1 amide bonds. The van der Waals surface area contributed by atoms with E-state index in [1.54, 1.807) is 20.8 Å². The summed E-state index contributed by atoms with van der Waals surface area (Å²) in [5.74, 6) is -1.64. The minimum absolute atomic E-state index is 0.200. The maximum Gasteiger partial charge on any atom is 0.330 e. The number of alkyl halides is 2. The van der Waals surface area contributed by atoms with Crippen molar-refractivity contribution in [3.63, 3.8) is 0 Å². The average Bonchev–Trinajstić information content (AvgIpc) is 2.65. The Bertz CT molecular complexity index is 482. The van der Waals surface area contributed by atoms with Crippen LogP contribution in [0.15, 0.2) is 0 Å². The highest BCUT2D eigenvalue weighted by atomic mass is 79.9. The molecule has 0 aliphatic carbocycles. The highest BCUT2D eigenvalue weighted by Crippen LogP contribution is 2.58. The van der Waals surface area contributed by atoms with Gasteiger partial charge in [-0.3, -0.25) is 9.59 Å². The molecule has 0 radical (unpaired) electrons. The Morgan fingerprint density at radius 3 is 2.65 bits per heavy atom. The number of Topliss-reactive ketones (excluding diaryl/α,β-unsaturated/α-hetero) is 1. The van der Waals surface area contributed by atoms with Gasteiger partial charge in [0.05, 0.1) is 0 Å². The first kappa shape index (κ1) is 15.8. The van der Waals surface area contributed by atoms with Crippen LogP contribution in [0.1, 0.15) is 27.2 Å². The average molecular weight is 368 g/mol. The number of amides is 1. The number of esters is 1. The maximum absolute atomic E-state index is 14.0. The van der Waals surface area contributed by atoms with Crippen molar-refractivity contribution in [2.45, 2.75) is 47.9 Å². The number of hydrogen-bond donors (Lipinski definition) is 0. The predicted molar refractivity (Wildman–Crippen MR) is 75.1 cm³/mol. The molecule has 3 atom stereocenters. The van der Waals surface area contributed by atoms with Crippen molar-refractivity contribution >= 4 is 45.4 Å². The topological polar surface area (TPSA) is 63.7 Å². The molecule has 5 nitrogen and oxygen atoms in total. The molecule has 2 aliphatic rings. The molecule has 0 saturated carbocycles. The number of nitrogens with zero attached hydrogens (tertiary/aromatic N) is 1. The molecule has 2 saturated heterocycles. The van der Waals surface area contributed by atoms with Crippen LogP contribution in [0.2, 0.25) is 0 Å². The minimum Gasteiger partial charge on any atom is -0.456 e. The molecule has 0 aromatic heterocycles. The second-order valence-corrected chi connectivity index (χ2v) is 8.20.